The lowest BCUT2D eigenvalue weighted by atomic mass is 10.2. The number of anilines is 2. The van der Waals surface area contributed by atoms with E-state index in [0.29, 0.717) is 6.42 Å². The van der Waals surface area contributed by atoms with Gasteiger partial charge in [0.15, 0.2) is 20.8 Å². The van der Waals surface area contributed by atoms with E-state index in [1.54, 1.807) is 18.4 Å². The summed E-state index contributed by atoms with van der Waals surface area (Å²) in [5.41, 5.74) is 2.51. The van der Waals surface area contributed by atoms with Crippen LogP contribution in [0.4, 0.5) is 10.9 Å². The topological polar surface area (TPSA) is 88.5 Å². The van der Waals surface area contributed by atoms with E-state index in [0.717, 1.165) is 64.4 Å². The van der Waals surface area contributed by atoms with Gasteiger partial charge in [-0.2, -0.15) is 5.10 Å². The molecule has 1 saturated heterocycles. The smallest absolute Gasteiger partial charge is 0.186 e. The van der Waals surface area contributed by atoms with E-state index in [-0.39, 0.29) is 11.5 Å². The van der Waals surface area contributed by atoms with E-state index in [1.807, 2.05) is 18.2 Å². The SMILES string of the molecule is COc1cccc2sc(N3CCN(c4cc5c(nn4)CCS(=O)(=O)C5)CC3)nc12. The molecule has 0 spiro atoms. The largest absolute Gasteiger partial charge is 0.494 e. The van der Waals surface area contributed by atoms with E-state index in [9.17, 15) is 8.42 Å². The highest BCUT2D eigenvalue weighted by atomic mass is 32.2. The van der Waals surface area contributed by atoms with Crippen molar-refractivity contribution in [1.82, 2.24) is 15.2 Å². The van der Waals surface area contributed by atoms with Crippen molar-refractivity contribution >= 4 is 42.3 Å². The summed E-state index contributed by atoms with van der Waals surface area (Å²) in [7, 11) is -1.35. The van der Waals surface area contributed by atoms with Crippen molar-refractivity contribution in [3.05, 3.63) is 35.5 Å². The lowest BCUT2D eigenvalue weighted by Crippen LogP contribution is -2.47. The molecular formula is C19H21N5O3S2. The van der Waals surface area contributed by atoms with Crippen molar-refractivity contribution in [1.29, 1.82) is 0 Å². The summed E-state index contributed by atoms with van der Waals surface area (Å²) in [6.07, 6.45) is 0.458. The number of hydrogen-bond acceptors (Lipinski definition) is 9. The molecule has 0 unspecified atom stereocenters. The predicted octanol–water partition coefficient (Wildman–Crippen LogP) is 1.89. The van der Waals surface area contributed by atoms with Crippen LogP contribution in [0.15, 0.2) is 24.3 Å². The molecule has 2 aromatic heterocycles. The standard InChI is InChI=1S/C19H21N5O3S2/c1-27-15-3-2-4-16-18(15)20-19(28-16)24-8-6-23(7-9-24)17-11-13-12-29(25,26)10-5-14(13)21-22-17/h2-4,11H,5-10,12H2,1H3. The first kappa shape index (κ1) is 18.6. The average molecular weight is 432 g/mol. The third-order valence-electron chi connectivity index (χ3n) is 5.44. The van der Waals surface area contributed by atoms with Gasteiger partial charge in [0.05, 0.1) is 29.0 Å². The van der Waals surface area contributed by atoms with Crippen LogP contribution in [-0.2, 0) is 22.0 Å². The number of aryl methyl sites for hydroxylation is 1. The number of benzene rings is 1. The minimum atomic E-state index is -3.02. The van der Waals surface area contributed by atoms with Gasteiger partial charge in [-0.05, 0) is 23.8 Å². The van der Waals surface area contributed by atoms with Crippen LogP contribution in [0.3, 0.4) is 0 Å². The number of hydrogen-bond donors (Lipinski definition) is 0. The maximum absolute atomic E-state index is 11.9. The number of sulfone groups is 1. The van der Waals surface area contributed by atoms with E-state index < -0.39 is 9.84 Å². The molecule has 8 nitrogen and oxygen atoms in total. The fraction of sp³-hybridized carbons (Fsp3) is 0.421. The average Bonchev–Trinajstić information content (AvgIpc) is 3.17. The normalized spacial score (nSPS) is 18.7. The van der Waals surface area contributed by atoms with E-state index in [4.69, 9.17) is 9.72 Å². The van der Waals surface area contributed by atoms with Crippen LogP contribution in [0.5, 0.6) is 5.75 Å². The Morgan fingerprint density at radius 1 is 1.10 bits per heavy atom. The minimum absolute atomic E-state index is 0.0678. The van der Waals surface area contributed by atoms with Gasteiger partial charge in [-0.1, -0.05) is 17.4 Å². The number of methoxy groups -OCH3 is 1. The van der Waals surface area contributed by atoms with Crippen LogP contribution in [0.25, 0.3) is 10.2 Å². The Labute approximate surface area is 173 Å². The van der Waals surface area contributed by atoms with Crippen molar-refractivity contribution in [2.45, 2.75) is 12.2 Å². The zero-order chi connectivity index (χ0) is 20.0. The molecule has 1 fully saturated rings. The van der Waals surface area contributed by atoms with Crippen LogP contribution in [0.1, 0.15) is 11.3 Å². The van der Waals surface area contributed by atoms with E-state index in [1.165, 1.54) is 0 Å². The van der Waals surface area contributed by atoms with Gasteiger partial charge in [-0.15, -0.1) is 5.10 Å². The second kappa shape index (κ2) is 7.10. The lowest BCUT2D eigenvalue weighted by molar-refractivity contribution is 0.419. The van der Waals surface area contributed by atoms with Crippen molar-refractivity contribution in [3.8, 4) is 5.75 Å². The molecule has 0 amide bonds. The molecule has 3 aromatic rings. The predicted molar refractivity (Wildman–Crippen MR) is 114 cm³/mol. The van der Waals surface area contributed by atoms with Gasteiger partial charge in [-0.3, -0.25) is 0 Å². The molecule has 1 aromatic carbocycles. The number of rotatable bonds is 3. The molecule has 2 aliphatic rings. The number of para-hydroxylation sites is 1. The Kier molecular flexibility index (Phi) is 4.54. The molecule has 0 saturated carbocycles. The van der Waals surface area contributed by atoms with Gasteiger partial charge in [0.25, 0.3) is 0 Å². The second-order valence-corrected chi connectivity index (χ2v) is 10.5. The first-order valence-electron chi connectivity index (χ1n) is 9.52. The molecule has 0 radical (unpaired) electrons. The summed E-state index contributed by atoms with van der Waals surface area (Å²) in [5.74, 6) is 1.78. The molecule has 0 atom stereocenters. The van der Waals surface area contributed by atoms with Gasteiger partial charge < -0.3 is 14.5 Å². The van der Waals surface area contributed by atoms with Crippen molar-refractivity contribution < 1.29 is 13.2 Å². The Morgan fingerprint density at radius 2 is 1.90 bits per heavy atom. The van der Waals surface area contributed by atoms with Crippen molar-refractivity contribution in [3.63, 3.8) is 0 Å². The van der Waals surface area contributed by atoms with Crippen LogP contribution in [0, 0.1) is 0 Å². The molecule has 152 valence electrons. The maximum atomic E-state index is 11.9. The molecular weight excluding hydrogens is 410 g/mol. The zero-order valence-electron chi connectivity index (χ0n) is 16.0. The molecule has 10 heteroatoms. The van der Waals surface area contributed by atoms with Gasteiger partial charge in [0.1, 0.15) is 11.3 Å². The highest BCUT2D eigenvalue weighted by molar-refractivity contribution is 7.90. The zero-order valence-corrected chi connectivity index (χ0v) is 17.7. The fourth-order valence-electron chi connectivity index (χ4n) is 3.83. The lowest BCUT2D eigenvalue weighted by Gasteiger charge is -2.35. The number of nitrogens with zero attached hydrogens (tertiary/aromatic N) is 5. The first-order chi connectivity index (χ1) is 14.0. The second-order valence-electron chi connectivity index (χ2n) is 7.29. The number of fused-ring (bicyclic) bond motifs is 2. The van der Waals surface area contributed by atoms with Gasteiger partial charge >= 0.3 is 0 Å². The Bertz CT molecular complexity index is 1170. The minimum Gasteiger partial charge on any atom is -0.494 e. The van der Waals surface area contributed by atoms with Crippen molar-refractivity contribution in [2.75, 3.05) is 48.8 Å². The summed E-state index contributed by atoms with van der Waals surface area (Å²) in [6.45, 7) is 3.21. The molecule has 5 rings (SSSR count). The molecule has 4 heterocycles. The number of ether oxygens (including phenoxy) is 1. The fourth-order valence-corrected chi connectivity index (χ4v) is 6.24. The molecule has 29 heavy (non-hydrogen) atoms. The first-order valence-corrected chi connectivity index (χ1v) is 12.2. The number of piperazine rings is 1. The van der Waals surface area contributed by atoms with Crippen LogP contribution < -0.4 is 14.5 Å². The van der Waals surface area contributed by atoms with Crippen LogP contribution in [-0.4, -0.2) is 62.6 Å². The highest BCUT2D eigenvalue weighted by Gasteiger charge is 2.26. The monoisotopic (exact) mass is 431 g/mol. The summed E-state index contributed by atoms with van der Waals surface area (Å²) in [4.78, 5) is 9.23. The Hall–Kier alpha value is -2.46. The molecule has 0 bridgehead atoms. The molecule has 0 N–H and O–H groups in total. The maximum Gasteiger partial charge on any atom is 0.186 e. The van der Waals surface area contributed by atoms with Crippen molar-refractivity contribution in [2.24, 2.45) is 0 Å². The van der Waals surface area contributed by atoms with Gasteiger partial charge in [0, 0.05) is 32.6 Å². The summed E-state index contributed by atoms with van der Waals surface area (Å²) >= 11 is 1.67. The number of thiazole rings is 1. The van der Waals surface area contributed by atoms with E-state index >= 15 is 0 Å². The van der Waals surface area contributed by atoms with Gasteiger partial charge in [0.2, 0.25) is 0 Å². The molecule has 0 aliphatic carbocycles. The highest BCUT2D eigenvalue weighted by Crippen LogP contribution is 2.34. The Morgan fingerprint density at radius 3 is 2.69 bits per heavy atom. The van der Waals surface area contributed by atoms with Crippen LogP contribution in [0.2, 0.25) is 0 Å². The summed E-state index contributed by atoms with van der Waals surface area (Å²) in [6, 6.07) is 7.87. The van der Waals surface area contributed by atoms with Crippen LogP contribution >= 0.6 is 11.3 Å². The Balaban J connectivity index is 1.32. The van der Waals surface area contributed by atoms with Gasteiger partial charge in [-0.25, -0.2) is 13.4 Å². The third kappa shape index (κ3) is 3.51. The summed E-state index contributed by atoms with van der Waals surface area (Å²) < 4.78 is 30.4. The summed E-state index contributed by atoms with van der Waals surface area (Å²) in [5, 5.41) is 9.64. The third-order valence-corrected chi connectivity index (χ3v) is 8.10. The molecule has 2 aliphatic heterocycles. The number of aromatic nitrogens is 3. The quantitative estimate of drug-likeness (QED) is 0.621. The van der Waals surface area contributed by atoms with E-state index in [2.05, 4.69) is 26.1 Å².